The number of aromatic nitrogens is 6. The molecule has 0 unspecified atom stereocenters. The van der Waals surface area contributed by atoms with E-state index in [-0.39, 0.29) is 5.91 Å². The largest absolute Gasteiger partial charge is 0.335 e. The maximum atomic E-state index is 12.5. The fourth-order valence-electron chi connectivity index (χ4n) is 3.78. The van der Waals surface area contributed by atoms with E-state index in [0.29, 0.717) is 18.7 Å². The first-order valence-electron chi connectivity index (χ1n) is 10.5. The van der Waals surface area contributed by atoms with Crippen LogP contribution in [0.25, 0.3) is 11.5 Å². The van der Waals surface area contributed by atoms with Crippen molar-refractivity contribution in [2.75, 3.05) is 6.54 Å². The molecule has 1 fully saturated rings. The molecule has 1 amide bonds. The predicted octanol–water partition coefficient (Wildman–Crippen LogP) is 3.50. The molecule has 0 spiro atoms. The molecule has 1 aliphatic heterocycles. The third-order valence-corrected chi connectivity index (χ3v) is 6.31. The Hall–Kier alpha value is -3.20. The van der Waals surface area contributed by atoms with Crippen molar-refractivity contribution in [3.63, 3.8) is 0 Å². The van der Waals surface area contributed by atoms with Crippen molar-refractivity contribution in [3.05, 3.63) is 66.5 Å². The molecule has 9 heteroatoms. The van der Waals surface area contributed by atoms with E-state index >= 15 is 0 Å². The quantitative estimate of drug-likeness (QED) is 0.433. The van der Waals surface area contributed by atoms with Gasteiger partial charge in [0.15, 0.2) is 11.0 Å². The molecule has 1 saturated heterocycles. The van der Waals surface area contributed by atoms with E-state index in [2.05, 4.69) is 20.2 Å². The Bertz CT molecular complexity index is 1150. The van der Waals surface area contributed by atoms with Crippen LogP contribution in [0.15, 0.2) is 60.1 Å². The van der Waals surface area contributed by atoms with Gasteiger partial charge >= 0.3 is 0 Å². The molecular formula is C22H23N7OS. The molecule has 0 atom stereocenters. The van der Waals surface area contributed by atoms with E-state index < -0.39 is 0 Å². The summed E-state index contributed by atoms with van der Waals surface area (Å²) in [5.74, 6) is 2.33. The number of thioether (sulfide) groups is 1. The second-order valence-corrected chi connectivity index (χ2v) is 8.48. The van der Waals surface area contributed by atoms with Crippen LogP contribution in [-0.2, 0) is 17.1 Å². The highest BCUT2D eigenvalue weighted by atomic mass is 32.2. The number of amides is 1. The Morgan fingerprint density at radius 3 is 2.84 bits per heavy atom. The third-order valence-electron chi connectivity index (χ3n) is 5.35. The van der Waals surface area contributed by atoms with Crippen LogP contribution in [0.1, 0.15) is 37.2 Å². The van der Waals surface area contributed by atoms with E-state index in [1.807, 2.05) is 62.7 Å². The molecule has 0 saturated carbocycles. The molecule has 158 valence electrons. The van der Waals surface area contributed by atoms with Crippen LogP contribution in [0.4, 0.5) is 0 Å². The first-order chi connectivity index (χ1) is 15.3. The zero-order valence-corrected chi connectivity index (χ0v) is 17.9. The molecule has 4 aromatic heterocycles. The Labute approximate surface area is 184 Å². The van der Waals surface area contributed by atoms with Gasteiger partial charge in [0.05, 0.1) is 12.2 Å². The topological polar surface area (TPSA) is 81.2 Å². The summed E-state index contributed by atoms with van der Waals surface area (Å²) < 4.78 is 3.97. The van der Waals surface area contributed by atoms with E-state index in [0.717, 1.165) is 53.9 Å². The average Bonchev–Trinajstić information content (AvgIpc) is 3.34. The van der Waals surface area contributed by atoms with Gasteiger partial charge in [0.1, 0.15) is 11.5 Å². The van der Waals surface area contributed by atoms with E-state index in [9.17, 15) is 4.79 Å². The lowest BCUT2D eigenvalue weighted by Crippen LogP contribution is -2.31. The summed E-state index contributed by atoms with van der Waals surface area (Å²) in [5, 5.41) is 9.62. The van der Waals surface area contributed by atoms with Gasteiger partial charge < -0.3 is 9.30 Å². The summed E-state index contributed by atoms with van der Waals surface area (Å²) >= 11 is 1.57. The minimum Gasteiger partial charge on any atom is -0.335 e. The van der Waals surface area contributed by atoms with Crippen molar-refractivity contribution in [2.24, 2.45) is 0 Å². The van der Waals surface area contributed by atoms with Crippen molar-refractivity contribution in [1.29, 1.82) is 0 Å². The highest BCUT2D eigenvalue weighted by Crippen LogP contribution is 2.25. The number of pyridine rings is 2. The summed E-state index contributed by atoms with van der Waals surface area (Å²) in [7, 11) is 0. The summed E-state index contributed by atoms with van der Waals surface area (Å²) in [6.45, 7) is 1.20. The van der Waals surface area contributed by atoms with Gasteiger partial charge in [-0.1, -0.05) is 30.3 Å². The number of hydrogen-bond acceptors (Lipinski definition) is 6. The second kappa shape index (κ2) is 8.89. The number of imidazole rings is 1. The zero-order chi connectivity index (χ0) is 21.0. The molecule has 4 aromatic rings. The number of hydrogen-bond donors (Lipinski definition) is 0. The number of carbonyl (C=O) groups is 1. The number of nitrogens with zero attached hydrogens (tertiary/aromatic N) is 7. The summed E-state index contributed by atoms with van der Waals surface area (Å²) in [4.78, 5) is 23.6. The summed E-state index contributed by atoms with van der Waals surface area (Å²) in [6, 6.07) is 11.7. The lowest BCUT2D eigenvalue weighted by atomic mass is 10.2. The number of fused-ring (bicyclic) bond motifs is 1. The summed E-state index contributed by atoms with van der Waals surface area (Å²) in [6.07, 6.45) is 9.46. The Morgan fingerprint density at radius 1 is 1.03 bits per heavy atom. The predicted molar refractivity (Wildman–Crippen MR) is 118 cm³/mol. The number of carbonyl (C=O) groups excluding carboxylic acids is 1. The van der Waals surface area contributed by atoms with Crippen LogP contribution in [-0.4, -0.2) is 46.5 Å². The highest BCUT2D eigenvalue weighted by Gasteiger charge is 2.22. The molecule has 0 radical (unpaired) electrons. The maximum Gasteiger partial charge on any atom is 0.222 e. The first-order valence-corrected chi connectivity index (χ1v) is 11.5. The summed E-state index contributed by atoms with van der Waals surface area (Å²) in [5.41, 5.74) is 1.89. The minimum absolute atomic E-state index is 0.187. The van der Waals surface area contributed by atoms with Gasteiger partial charge in [-0.05, 0) is 37.1 Å². The Kier molecular flexibility index (Phi) is 5.66. The van der Waals surface area contributed by atoms with Gasteiger partial charge in [-0.25, -0.2) is 9.97 Å². The van der Waals surface area contributed by atoms with Crippen molar-refractivity contribution >= 4 is 23.3 Å². The van der Waals surface area contributed by atoms with Crippen LogP contribution in [0.2, 0.25) is 0 Å². The minimum atomic E-state index is 0.187. The van der Waals surface area contributed by atoms with E-state index in [1.165, 1.54) is 0 Å². The number of rotatable bonds is 6. The van der Waals surface area contributed by atoms with Gasteiger partial charge in [-0.15, -0.1) is 10.2 Å². The van der Waals surface area contributed by atoms with Crippen molar-refractivity contribution in [2.45, 2.75) is 43.1 Å². The van der Waals surface area contributed by atoms with Gasteiger partial charge in [0.2, 0.25) is 5.91 Å². The van der Waals surface area contributed by atoms with Gasteiger partial charge in [0.25, 0.3) is 0 Å². The molecule has 0 aliphatic carbocycles. The normalized spacial score (nSPS) is 14.8. The molecule has 0 aromatic carbocycles. The van der Waals surface area contributed by atoms with Crippen molar-refractivity contribution in [1.82, 2.24) is 34.0 Å². The first kappa shape index (κ1) is 19.7. The van der Waals surface area contributed by atoms with Crippen LogP contribution in [0.5, 0.6) is 0 Å². The maximum absolute atomic E-state index is 12.5. The molecule has 1 aliphatic rings. The molecule has 0 N–H and O–H groups in total. The molecule has 0 bridgehead atoms. The SMILES string of the molecule is O=C1CCCCCN1Cc1nnc(SCc2cn3ccccc3n2)n1-c1ccccn1. The van der Waals surface area contributed by atoms with Crippen molar-refractivity contribution < 1.29 is 4.79 Å². The standard InChI is InChI=1S/C22H23N7OS/c30-21-10-2-1-6-13-28(21)15-20-25-26-22(29(20)18-8-3-5-11-23-18)31-16-17-14-27-12-7-4-9-19(27)24-17/h3-5,7-9,11-12,14H,1-2,6,10,13,15-16H2. The van der Waals surface area contributed by atoms with Crippen LogP contribution in [0.3, 0.4) is 0 Å². The molecule has 5 rings (SSSR count). The zero-order valence-electron chi connectivity index (χ0n) is 17.1. The third kappa shape index (κ3) is 4.32. The van der Waals surface area contributed by atoms with Gasteiger partial charge in [0, 0.05) is 37.3 Å². The van der Waals surface area contributed by atoms with Crippen LogP contribution >= 0.6 is 11.8 Å². The molecular weight excluding hydrogens is 410 g/mol. The molecule has 8 nitrogen and oxygen atoms in total. The Balaban J connectivity index is 1.42. The Morgan fingerprint density at radius 2 is 1.97 bits per heavy atom. The fourth-order valence-corrected chi connectivity index (χ4v) is 4.63. The van der Waals surface area contributed by atoms with Crippen LogP contribution < -0.4 is 0 Å². The van der Waals surface area contributed by atoms with Gasteiger partial charge in [-0.3, -0.25) is 9.36 Å². The van der Waals surface area contributed by atoms with Crippen LogP contribution in [0, 0.1) is 0 Å². The van der Waals surface area contributed by atoms with Gasteiger partial charge in [-0.2, -0.15) is 0 Å². The van der Waals surface area contributed by atoms with E-state index in [4.69, 9.17) is 0 Å². The fraction of sp³-hybridized carbons (Fsp3) is 0.318. The molecule has 5 heterocycles. The highest BCUT2D eigenvalue weighted by molar-refractivity contribution is 7.98. The monoisotopic (exact) mass is 433 g/mol. The van der Waals surface area contributed by atoms with Crippen molar-refractivity contribution in [3.8, 4) is 5.82 Å². The number of likely N-dealkylation sites (tertiary alicyclic amines) is 1. The molecule has 31 heavy (non-hydrogen) atoms. The van der Waals surface area contributed by atoms with E-state index in [1.54, 1.807) is 18.0 Å². The smallest absolute Gasteiger partial charge is 0.222 e. The lowest BCUT2D eigenvalue weighted by Gasteiger charge is -2.20. The average molecular weight is 434 g/mol. The second-order valence-electron chi connectivity index (χ2n) is 7.54. The lowest BCUT2D eigenvalue weighted by molar-refractivity contribution is -0.131.